The van der Waals surface area contributed by atoms with Gasteiger partial charge in [-0.15, -0.1) is 0 Å². The van der Waals surface area contributed by atoms with E-state index in [1.54, 1.807) is 0 Å². The molecule has 0 bridgehead atoms. The molecule has 11 heteroatoms. The summed E-state index contributed by atoms with van der Waals surface area (Å²) in [4.78, 5) is 29.6. The maximum absolute atomic E-state index is 13.3. The van der Waals surface area contributed by atoms with E-state index < -0.39 is 22.4 Å². The highest BCUT2D eigenvalue weighted by Crippen LogP contribution is 2.38. The number of likely N-dealkylation sites (tertiary alicyclic amines) is 1. The zero-order chi connectivity index (χ0) is 27.4. The van der Waals surface area contributed by atoms with E-state index in [-0.39, 0.29) is 23.6 Å². The molecule has 38 heavy (non-hydrogen) atoms. The minimum Gasteiger partial charge on any atom is -0.382 e. The Morgan fingerprint density at radius 2 is 1.68 bits per heavy atom. The maximum Gasteiger partial charge on any atom is 0.423 e. The van der Waals surface area contributed by atoms with Crippen LogP contribution in [0.25, 0.3) is 0 Å². The molecule has 206 valence electrons. The van der Waals surface area contributed by atoms with Crippen molar-refractivity contribution in [1.29, 1.82) is 0 Å². The van der Waals surface area contributed by atoms with Gasteiger partial charge >= 0.3 is 6.18 Å². The summed E-state index contributed by atoms with van der Waals surface area (Å²) in [5.74, 6) is -0.0476. The second-order valence-corrected chi connectivity index (χ2v) is 10.3. The number of hydrogen-bond donors (Lipinski definition) is 1. The third-order valence-corrected chi connectivity index (χ3v) is 7.40. The molecule has 0 spiro atoms. The number of nitrogens with one attached hydrogen (secondary N) is 1. The van der Waals surface area contributed by atoms with Crippen molar-refractivity contribution in [3.05, 3.63) is 63.7 Å². The number of piperazine rings is 1. The van der Waals surface area contributed by atoms with E-state index >= 15 is 0 Å². The normalized spacial score (nSPS) is 18.3. The molecule has 0 radical (unpaired) electrons. The van der Waals surface area contributed by atoms with Gasteiger partial charge in [-0.05, 0) is 44.0 Å². The number of amides is 1. The van der Waals surface area contributed by atoms with Gasteiger partial charge in [0.2, 0.25) is 5.91 Å². The molecule has 0 unspecified atom stereocenters. The standard InChI is InChI=1S/C27H34F3N5O3/c1-19-3-6-23(7-4-19)33-15-13-32(14-16-33)18-20(2)26(36)34-11-9-21(10-12-34)31-22-5-8-25(35(37)38)24(17-22)27(28,29)30/h3-8,17,20-21,31H,9-16,18H2,1-2H3/t20-/m0/s1. The van der Waals surface area contributed by atoms with Crippen molar-refractivity contribution in [2.24, 2.45) is 5.92 Å². The maximum atomic E-state index is 13.3. The zero-order valence-corrected chi connectivity index (χ0v) is 21.7. The minimum absolute atomic E-state index is 0.0964. The summed E-state index contributed by atoms with van der Waals surface area (Å²) in [5, 5.41) is 14.0. The second-order valence-electron chi connectivity index (χ2n) is 10.3. The van der Waals surface area contributed by atoms with Crippen molar-refractivity contribution in [3.63, 3.8) is 0 Å². The number of alkyl halides is 3. The SMILES string of the molecule is Cc1ccc(N2CCN(C[C@H](C)C(=O)N3CCC(Nc4ccc([N+](=O)[O-])c(C(F)(F)F)c4)CC3)CC2)cc1. The van der Waals surface area contributed by atoms with E-state index in [1.165, 1.54) is 17.3 Å². The Morgan fingerprint density at radius 1 is 1.05 bits per heavy atom. The number of nitrogens with zero attached hydrogens (tertiary/aromatic N) is 4. The Hall–Kier alpha value is -3.34. The summed E-state index contributed by atoms with van der Waals surface area (Å²) in [6, 6.07) is 11.4. The molecule has 0 aromatic heterocycles. The first-order valence-corrected chi connectivity index (χ1v) is 13.0. The van der Waals surface area contributed by atoms with E-state index in [2.05, 4.69) is 46.3 Å². The minimum atomic E-state index is -4.82. The molecular weight excluding hydrogens is 499 g/mol. The van der Waals surface area contributed by atoms with Gasteiger partial charge < -0.3 is 15.1 Å². The van der Waals surface area contributed by atoms with Crippen LogP contribution in [-0.2, 0) is 11.0 Å². The van der Waals surface area contributed by atoms with Gasteiger partial charge in [-0.1, -0.05) is 24.6 Å². The molecule has 2 aromatic rings. The average Bonchev–Trinajstić information content (AvgIpc) is 2.89. The van der Waals surface area contributed by atoms with Crippen LogP contribution in [0.1, 0.15) is 30.9 Å². The van der Waals surface area contributed by atoms with Gasteiger partial charge in [-0.2, -0.15) is 13.2 Å². The van der Waals surface area contributed by atoms with Crippen molar-refractivity contribution in [3.8, 4) is 0 Å². The van der Waals surface area contributed by atoms with Crippen LogP contribution >= 0.6 is 0 Å². The first-order chi connectivity index (χ1) is 18.0. The highest BCUT2D eigenvalue weighted by Gasteiger charge is 2.38. The first-order valence-electron chi connectivity index (χ1n) is 13.0. The molecule has 1 N–H and O–H groups in total. The van der Waals surface area contributed by atoms with Crippen molar-refractivity contribution >= 4 is 23.0 Å². The Balaban J connectivity index is 1.24. The van der Waals surface area contributed by atoms with Crippen LogP contribution in [0.5, 0.6) is 0 Å². The number of hydrogen-bond acceptors (Lipinski definition) is 6. The molecule has 2 fully saturated rings. The number of rotatable bonds is 7. The molecule has 2 saturated heterocycles. The van der Waals surface area contributed by atoms with Crippen molar-refractivity contribution in [1.82, 2.24) is 9.80 Å². The largest absolute Gasteiger partial charge is 0.423 e. The molecule has 4 rings (SSSR count). The van der Waals surface area contributed by atoms with E-state index in [0.29, 0.717) is 32.5 Å². The zero-order valence-electron chi connectivity index (χ0n) is 21.7. The number of carbonyl (C=O) groups excluding carboxylic acids is 1. The van der Waals surface area contributed by atoms with Crippen LogP contribution < -0.4 is 10.2 Å². The van der Waals surface area contributed by atoms with Gasteiger partial charge in [0.15, 0.2) is 0 Å². The summed E-state index contributed by atoms with van der Waals surface area (Å²) in [6.07, 6.45) is -3.64. The van der Waals surface area contributed by atoms with Crippen LogP contribution in [0.15, 0.2) is 42.5 Å². The Labute approximate surface area is 220 Å². The fraction of sp³-hybridized carbons (Fsp3) is 0.519. The summed E-state index contributed by atoms with van der Waals surface area (Å²) in [5.41, 5.74) is 0.411. The molecule has 2 heterocycles. The monoisotopic (exact) mass is 533 g/mol. The van der Waals surface area contributed by atoms with Crippen molar-refractivity contribution in [2.75, 3.05) is 56.0 Å². The number of halogens is 3. The quantitative estimate of drug-likeness (QED) is 0.408. The third-order valence-electron chi connectivity index (χ3n) is 7.40. The van der Waals surface area contributed by atoms with Gasteiger partial charge in [-0.3, -0.25) is 19.8 Å². The number of aryl methyl sites for hydroxylation is 1. The third kappa shape index (κ3) is 6.75. The smallest absolute Gasteiger partial charge is 0.382 e. The molecular formula is C27H34F3N5O3. The lowest BCUT2D eigenvalue weighted by molar-refractivity contribution is -0.388. The van der Waals surface area contributed by atoms with Crippen LogP contribution in [-0.4, -0.2) is 72.5 Å². The Bertz CT molecular complexity index is 1130. The van der Waals surface area contributed by atoms with Gasteiger partial charge in [0.1, 0.15) is 5.56 Å². The van der Waals surface area contributed by atoms with Gasteiger partial charge in [0, 0.05) is 75.2 Å². The Morgan fingerprint density at radius 3 is 2.26 bits per heavy atom. The Kier molecular flexibility index (Phi) is 8.44. The van der Waals surface area contributed by atoms with Crippen LogP contribution in [0.2, 0.25) is 0 Å². The predicted octanol–water partition coefficient (Wildman–Crippen LogP) is 4.78. The van der Waals surface area contributed by atoms with Crippen LogP contribution in [0.3, 0.4) is 0 Å². The van der Waals surface area contributed by atoms with E-state index in [1.807, 2.05) is 11.8 Å². The highest BCUT2D eigenvalue weighted by atomic mass is 19.4. The molecule has 1 atom stereocenters. The molecule has 8 nitrogen and oxygen atoms in total. The van der Waals surface area contributed by atoms with Crippen LogP contribution in [0.4, 0.5) is 30.2 Å². The molecule has 1 amide bonds. The number of piperidine rings is 1. The van der Waals surface area contributed by atoms with Crippen molar-refractivity contribution < 1.29 is 22.9 Å². The summed E-state index contributed by atoms with van der Waals surface area (Å²) in [7, 11) is 0. The molecule has 2 aliphatic heterocycles. The molecule has 0 saturated carbocycles. The van der Waals surface area contributed by atoms with Gasteiger partial charge in [-0.25, -0.2) is 0 Å². The number of anilines is 2. The lowest BCUT2D eigenvalue weighted by Gasteiger charge is -2.38. The van der Waals surface area contributed by atoms with Crippen LogP contribution in [0, 0.1) is 23.0 Å². The summed E-state index contributed by atoms with van der Waals surface area (Å²) < 4.78 is 39.8. The number of benzene rings is 2. The fourth-order valence-electron chi connectivity index (χ4n) is 5.21. The number of carbonyl (C=O) groups is 1. The van der Waals surface area contributed by atoms with Gasteiger partial charge in [0.25, 0.3) is 5.69 Å². The van der Waals surface area contributed by atoms with E-state index in [9.17, 15) is 28.1 Å². The molecule has 2 aromatic carbocycles. The molecule has 0 aliphatic carbocycles. The predicted molar refractivity (Wildman–Crippen MR) is 140 cm³/mol. The van der Waals surface area contributed by atoms with Gasteiger partial charge in [0.05, 0.1) is 4.92 Å². The lowest BCUT2D eigenvalue weighted by Crippen LogP contribution is -2.50. The van der Waals surface area contributed by atoms with Crippen molar-refractivity contribution in [2.45, 2.75) is 38.9 Å². The summed E-state index contributed by atoms with van der Waals surface area (Å²) in [6.45, 7) is 9.38. The average molecular weight is 534 g/mol. The van der Waals surface area contributed by atoms with E-state index in [0.717, 1.165) is 38.3 Å². The highest BCUT2D eigenvalue weighted by molar-refractivity contribution is 5.78. The fourth-order valence-corrected chi connectivity index (χ4v) is 5.21. The first kappa shape index (κ1) is 27.7. The number of nitro benzene ring substituents is 1. The second kappa shape index (κ2) is 11.6. The molecule has 2 aliphatic rings. The lowest BCUT2D eigenvalue weighted by atomic mass is 10.0. The number of nitro groups is 1. The topological polar surface area (TPSA) is 82.0 Å². The summed E-state index contributed by atoms with van der Waals surface area (Å²) >= 11 is 0. The van der Waals surface area contributed by atoms with E-state index in [4.69, 9.17) is 0 Å².